The number of benzene rings is 2. The minimum Gasteiger partial charge on any atom is -0.395 e. The molecule has 0 amide bonds. The molecule has 4 heteroatoms. The van der Waals surface area contributed by atoms with Gasteiger partial charge in [0.25, 0.3) is 0 Å². The van der Waals surface area contributed by atoms with E-state index in [-0.39, 0.29) is 12.6 Å². The van der Waals surface area contributed by atoms with Gasteiger partial charge in [-0.25, -0.2) is 0 Å². The Morgan fingerprint density at radius 3 is 2.29 bits per heavy atom. The minimum absolute atomic E-state index is 0.113. The van der Waals surface area contributed by atoms with Gasteiger partial charge in [-0.2, -0.15) is 0 Å². The topological polar surface area (TPSA) is 52.5 Å². The van der Waals surface area contributed by atoms with Gasteiger partial charge in [0.15, 0.2) is 0 Å². The van der Waals surface area contributed by atoms with Crippen LogP contribution in [0.1, 0.15) is 17.2 Å². The van der Waals surface area contributed by atoms with Gasteiger partial charge in [0.1, 0.15) is 0 Å². The summed E-state index contributed by atoms with van der Waals surface area (Å²) in [4.78, 5) is 1.16. The molecular formula is C17H21NO2S. The van der Waals surface area contributed by atoms with E-state index in [9.17, 15) is 10.2 Å². The van der Waals surface area contributed by atoms with Gasteiger partial charge in [-0.3, -0.25) is 0 Å². The lowest BCUT2D eigenvalue weighted by Gasteiger charge is -2.23. The Hall–Kier alpha value is -1.33. The van der Waals surface area contributed by atoms with Gasteiger partial charge in [-0.05, 0) is 29.5 Å². The molecule has 0 aliphatic heterocycles. The third kappa shape index (κ3) is 4.58. The first kappa shape index (κ1) is 16.0. The molecular weight excluding hydrogens is 282 g/mol. The van der Waals surface area contributed by atoms with Crippen LogP contribution in [-0.4, -0.2) is 29.1 Å². The van der Waals surface area contributed by atoms with Crippen molar-refractivity contribution in [1.82, 2.24) is 5.32 Å². The number of rotatable bonds is 7. The Morgan fingerprint density at radius 1 is 1.05 bits per heavy atom. The summed E-state index contributed by atoms with van der Waals surface area (Å²) in [5.74, 6) is 0. The Morgan fingerprint density at radius 2 is 1.71 bits per heavy atom. The van der Waals surface area contributed by atoms with Crippen molar-refractivity contribution < 1.29 is 10.2 Å². The summed E-state index contributed by atoms with van der Waals surface area (Å²) >= 11 is 1.66. The number of thioether (sulfide) groups is 1. The van der Waals surface area contributed by atoms with Crippen LogP contribution in [0.3, 0.4) is 0 Å². The number of hydrogen-bond donors (Lipinski definition) is 3. The van der Waals surface area contributed by atoms with Crippen LogP contribution in [0.4, 0.5) is 0 Å². The van der Waals surface area contributed by atoms with Crippen molar-refractivity contribution in [3.8, 4) is 0 Å². The maximum atomic E-state index is 10.4. The number of hydrogen-bond acceptors (Lipinski definition) is 4. The first-order valence-corrected chi connectivity index (χ1v) is 8.17. The van der Waals surface area contributed by atoms with Crippen molar-refractivity contribution in [3.05, 3.63) is 65.7 Å². The zero-order valence-electron chi connectivity index (χ0n) is 12.1. The largest absolute Gasteiger partial charge is 0.395 e. The van der Waals surface area contributed by atoms with Crippen LogP contribution in [-0.2, 0) is 6.54 Å². The van der Waals surface area contributed by atoms with E-state index in [4.69, 9.17) is 0 Å². The molecule has 3 nitrogen and oxygen atoms in total. The molecule has 0 unspecified atom stereocenters. The molecule has 0 aliphatic carbocycles. The van der Waals surface area contributed by atoms with Gasteiger partial charge in [-0.15, -0.1) is 11.8 Å². The van der Waals surface area contributed by atoms with E-state index in [2.05, 4.69) is 5.32 Å². The van der Waals surface area contributed by atoms with Gasteiger partial charge in [0, 0.05) is 11.4 Å². The maximum absolute atomic E-state index is 10.4. The molecule has 21 heavy (non-hydrogen) atoms. The van der Waals surface area contributed by atoms with Crippen molar-refractivity contribution >= 4 is 11.8 Å². The molecule has 0 radical (unpaired) electrons. The Labute approximate surface area is 130 Å². The normalized spacial score (nSPS) is 13.9. The molecule has 3 N–H and O–H groups in total. The van der Waals surface area contributed by atoms with Crippen molar-refractivity contribution in [3.63, 3.8) is 0 Å². The standard InChI is InChI=1S/C17H21NO2S/c1-21-15-9-7-14(8-10-15)17(20)16(12-19)18-11-13-5-3-2-4-6-13/h2-10,16-20H,11-12H2,1H3/t16-,17-/m0/s1. The molecule has 0 bridgehead atoms. The predicted molar refractivity (Wildman–Crippen MR) is 87.3 cm³/mol. The van der Waals surface area contributed by atoms with Gasteiger partial charge in [0.05, 0.1) is 18.8 Å². The molecule has 0 fully saturated rings. The third-order valence-corrected chi connectivity index (χ3v) is 4.19. The summed E-state index contributed by atoms with van der Waals surface area (Å²) < 4.78 is 0. The quantitative estimate of drug-likeness (QED) is 0.688. The summed E-state index contributed by atoms with van der Waals surface area (Å²) in [6.07, 6.45) is 1.29. The van der Waals surface area contributed by atoms with E-state index in [0.717, 1.165) is 16.0 Å². The minimum atomic E-state index is -0.727. The summed E-state index contributed by atoms with van der Waals surface area (Å²) in [7, 11) is 0. The highest BCUT2D eigenvalue weighted by Crippen LogP contribution is 2.21. The molecule has 0 aromatic heterocycles. The third-order valence-electron chi connectivity index (χ3n) is 3.45. The smallest absolute Gasteiger partial charge is 0.0965 e. The second-order valence-corrected chi connectivity index (χ2v) is 5.75. The number of aliphatic hydroxyl groups excluding tert-OH is 2. The predicted octanol–water partition coefficient (Wildman–Crippen LogP) is 2.59. The lowest BCUT2D eigenvalue weighted by molar-refractivity contribution is 0.0891. The molecule has 2 aromatic rings. The SMILES string of the molecule is CSc1ccc([C@H](O)[C@H](CO)NCc2ccccc2)cc1. The number of nitrogens with one attached hydrogen (secondary N) is 1. The first-order valence-electron chi connectivity index (χ1n) is 6.94. The zero-order chi connectivity index (χ0) is 15.1. The second kappa shape index (κ2) is 8.20. The first-order chi connectivity index (χ1) is 10.2. The summed E-state index contributed by atoms with van der Waals surface area (Å²) in [5.41, 5.74) is 1.94. The molecule has 112 valence electrons. The van der Waals surface area contributed by atoms with Gasteiger partial charge < -0.3 is 15.5 Å². The maximum Gasteiger partial charge on any atom is 0.0965 e. The van der Waals surface area contributed by atoms with E-state index in [1.807, 2.05) is 60.9 Å². The van der Waals surface area contributed by atoms with E-state index < -0.39 is 6.10 Å². The summed E-state index contributed by atoms with van der Waals surface area (Å²) in [6, 6.07) is 17.3. The second-order valence-electron chi connectivity index (χ2n) is 4.87. The Balaban J connectivity index is 1.98. The van der Waals surface area contributed by atoms with E-state index >= 15 is 0 Å². The van der Waals surface area contributed by atoms with Crippen molar-refractivity contribution in [2.24, 2.45) is 0 Å². The fourth-order valence-corrected chi connectivity index (χ4v) is 2.56. The van der Waals surface area contributed by atoms with Crippen LogP contribution in [0.2, 0.25) is 0 Å². The van der Waals surface area contributed by atoms with Gasteiger partial charge in [-0.1, -0.05) is 42.5 Å². The highest BCUT2D eigenvalue weighted by atomic mass is 32.2. The van der Waals surface area contributed by atoms with E-state index in [1.165, 1.54) is 0 Å². The van der Waals surface area contributed by atoms with Crippen LogP contribution in [0.15, 0.2) is 59.5 Å². The van der Waals surface area contributed by atoms with Crippen LogP contribution in [0, 0.1) is 0 Å². The molecule has 0 saturated heterocycles. The molecule has 2 rings (SSSR count). The van der Waals surface area contributed by atoms with Gasteiger partial charge in [0.2, 0.25) is 0 Å². The molecule has 0 heterocycles. The number of aliphatic hydroxyl groups is 2. The highest BCUT2D eigenvalue weighted by molar-refractivity contribution is 7.98. The van der Waals surface area contributed by atoms with Crippen LogP contribution in [0.25, 0.3) is 0 Å². The fourth-order valence-electron chi connectivity index (χ4n) is 2.15. The average Bonchev–Trinajstić information content (AvgIpc) is 2.56. The molecule has 0 saturated carbocycles. The molecule has 0 spiro atoms. The fraction of sp³-hybridized carbons (Fsp3) is 0.294. The average molecular weight is 303 g/mol. The molecule has 2 aromatic carbocycles. The summed E-state index contributed by atoms with van der Waals surface area (Å²) in [6.45, 7) is 0.504. The lowest BCUT2D eigenvalue weighted by Crippen LogP contribution is -2.37. The van der Waals surface area contributed by atoms with Crippen LogP contribution in [0.5, 0.6) is 0 Å². The van der Waals surface area contributed by atoms with Crippen molar-refractivity contribution in [1.29, 1.82) is 0 Å². The lowest BCUT2D eigenvalue weighted by atomic mass is 10.0. The monoisotopic (exact) mass is 303 g/mol. The van der Waals surface area contributed by atoms with Gasteiger partial charge >= 0.3 is 0 Å². The van der Waals surface area contributed by atoms with E-state index in [1.54, 1.807) is 11.8 Å². The molecule has 0 aliphatic rings. The van der Waals surface area contributed by atoms with Crippen molar-refractivity contribution in [2.45, 2.75) is 23.6 Å². The van der Waals surface area contributed by atoms with Crippen molar-refractivity contribution in [2.75, 3.05) is 12.9 Å². The Kier molecular flexibility index (Phi) is 6.26. The summed E-state index contributed by atoms with van der Waals surface area (Å²) in [5, 5.41) is 23.1. The highest BCUT2D eigenvalue weighted by Gasteiger charge is 2.19. The van der Waals surface area contributed by atoms with Crippen LogP contribution < -0.4 is 5.32 Å². The zero-order valence-corrected chi connectivity index (χ0v) is 12.9. The van der Waals surface area contributed by atoms with Crippen LogP contribution >= 0.6 is 11.8 Å². The molecule has 2 atom stereocenters. The van der Waals surface area contributed by atoms with E-state index in [0.29, 0.717) is 6.54 Å². The Bertz CT molecular complexity index is 530.